The third kappa shape index (κ3) is 5.07. The minimum absolute atomic E-state index is 0.110. The number of aliphatic carboxylic acids is 1. The monoisotopic (exact) mass is 293 g/mol. The number of hydrogen-bond acceptors (Lipinski definition) is 4. The molecule has 1 aromatic carbocycles. The summed E-state index contributed by atoms with van der Waals surface area (Å²) in [5.41, 5.74) is 0.846. The number of alkyl carbamates (subject to hydrolysis) is 1. The number of nitrogens with one attached hydrogen (secondary N) is 1. The molecule has 0 radical (unpaired) electrons. The van der Waals surface area contributed by atoms with Crippen molar-refractivity contribution in [3.8, 4) is 0 Å². The van der Waals surface area contributed by atoms with Crippen LogP contribution in [0, 0.1) is 0 Å². The van der Waals surface area contributed by atoms with Crippen LogP contribution in [0.3, 0.4) is 0 Å². The zero-order valence-electron chi connectivity index (χ0n) is 11.7. The number of carboxylic acids is 1. The number of benzene rings is 1. The van der Waals surface area contributed by atoms with E-state index in [1.165, 1.54) is 0 Å². The number of ether oxygens (including phenoxy) is 2. The first-order valence-corrected chi connectivity index (χ1v) is 6.97. The van der Waals surface area contributed by atoms with Gasteiger partial charge in [-0.1, -0.05) is 30.3 Å². The van der Waals surface area contributed by atoms with Gasteiger partial charge < -0.3 is 19.9 Å². The molecule has 0 spiro atoms. The van der Waals surface area contributed by atoms with Gasteiger partial charge in [0.25, 0.3) is 0 Å². The number of rotatable bonds is 6. The second-order valence-corrected chi connectivity index (χ2v) is 4.97. The van der Waals surface area contributed by atoms with Crippen LogP contribution in [0.4, 0.5) is 4.79 Å². The van der Waals surface area contributed by atoms with E-state index in [-0.39, 0.29) is 19.1 Å². The van der Waals surface area contributed by atoms with Crippen molar-refractivity contribution in [2.24, 2.45) is 0 Å². The molecule has 0 aromatic heterocycles. The van der Waals surface area contributed by atoms with E-state index in [0.29, 0.717) is 6.61 Å². The SMILES string of the molecule is O=C(N[C@H](C[C@H]1CCCO1)C(=O)O)OCc1ccccc1. The van der Waals surface area contributed by atoms with Crippen molar-refractivity contribution in [1.82, 2.24) is 5.32 Å². The van der Waals surface area contributed by atoms with Gasteiger partial charge in [-0.2, -0.15) is 0 Å². The Kier molecular flexibility index (Phi) is 5.57. The minimum atomic E-state index is -1.08. The second kappa shape index (κ2) is 7.64. The topological polar surface area (TPSA) is 84.9 Å². The van der Waals surface area contributed by atoms with Gasteiger partial charge in [0.2, 0.25) is 0 Å². The lowest BCUT2D eigenvalue weighted by Crippen LogP contribution is -2.43. The molecule has 1 aromatic rings. The largest absolute Gasteiger partial charge is 0.480 e. The highest BCUT2D eigenvalue weighted by molar-refractivity contribution is 5.79. The summed E-state index contributed by atoms with van der Waals surface area (Å²) in [6.07, 6.45) is 1.17. The fraction of sp³-hybridized carbons (Fsp3) is 0.467. The van der Waals surface area contributed by atoms with Crippen LogP contribution >= 0.6 is 0 Å². The maximum Gasteiger partial charge on any atom is 0.408 e. The number of carbonyl (C=O) groups is 2. The van der Waals surface area contributed by atoms with E-state index in [1.54, 1.807) is 0 Å². The Hall–Kier alpha value is -2.08. The summed E-state index contributed by atoms with van der Waals surface area (Å²) in [6, 6.07) is 8.22. The molecule has 114 valence electrons. The molecule has 6 heteroatoms. The van der Waals surface area contributed by atoms with Gasteiger partial charge >= 0.3 is 12.1 Å². The molecule has 1 amide bonds. The molecule has 6 nitrogen and oxygen atoms in total. The smallest absolute Gasteiger partial charge is 0.408 e. The van der Waals surface area contributed by atoms with Crippen LogP contribution in [0.5, 0.6) is 0 Å². The standard InChI is InChI=1S/C15H19NO5/c17-14(18)13(9-12-7-4-8-20-12)16-15(19)21-10-11-5-2-1-3-6-11/h1-3,5-6,12-13H,4,7-10H2,(H,16,19)(H,17,18)/t12-,13-/m1/s1. The molecule has 0 unspecified atom stereocenters. The highest BCUT2D eigenvalue weighted by atomic mass is 16.5. The predicted octanol–water partition coefficient (Wildman–Crippen LogP) is 1.94. The molecule has 2 atom stereocenters. The Morgan fingerprint density at radius 1 is 1.38 bits per heavy atom. The van der Waals surface area contributed by atoms with Gasteiger partial charge in [-0.15, -0.1) is 0 Å². The van der Waals surface area contributed by atoms with Crippen molar-refractivity contribution in [2.75, 3.05) is 6.61 Å². The van der Waals surface area contributed by atoms with Crippen molar-refractivity contribution in [2.45, 2.75) is 38.0 Å². The normalized spacial score (nSPS) is 19.0. The summed E-state index contributed by atoms with van der Waals surface area (Å²) in [6.45, 7) is 0.758. The summed E-state index contributed by atoms with van der Waals surface area (Å²) in [5.74, 6) is -1.08. The molecule has 1 aliphatic rings. The van der Waals surface area contributed by atoms with Crippen molar-refractivity contribution in [3.05, 3.63) is 35.9 Å². The van der Waals surface area contributed by atoms with Gasteiger partial charge in [0.1, 0.15) is 12.6 Å². The van der Waals surface area contributed by atoms with E-state index >= 15 is 0 Å². The van der Waals surface area contributed by atoms with Gasteiger partial charge in [0, 0.05) is 13.0 Å². The lowest BCUT2D eigenvalue weighted by Gasteiger charge is -2.17. The molecule has 21 heavy (non-hydrogen) atoms. The molecular formula is C15H19NO5. The Balaban J connectivity index is 1.79. The fourth-order valence-electron chi connectivity index (χ4n) is 2.22. The third-order valence-corrected chi connectivity index (χ3v) is 3.33. The first-order chi connectivity index (χ1) is 10.1. The molecule has 2 rings (SSSR count). The Morgan fingerprint density at radius 2 is 2.14 bits per heavy atom. The van der Waals surface area contributed by atoms with Gasteiger partial charge in [0.15, 0.2) is 0 Å². The molecular weight excluding hydrogens is 274 g/mol. The molecule has 1 saturated heterocycles. The van der Waals surface area contributed by atoms with E-state index in [1.807, 2.05) is 30.3 Å². The van der Waals surface area contributed by atoms with Crippen LogP contribution in [0.25, 0.3) is 0 Å². The van der Waals surface area contributed by atoms with E-state index in [2.05, 4.69) is 5.32 Å². The van der Waals surface area contributed by atoms with Crippen LogP contribution in [0.15, 0.2) is 30.3 Å². The summed E-state index contributed by atoms with van der Waals surface area (Å²) in [5, 5.41) is 11.5. The number of amides is 1. The van der Waals surface area contributed by atoms with E-state index in [9.17, 15) is 9.59 Å². The van der Waals surface area contributed by atoms with Crippen LogP contribution in [-0.2, 0) is 20.9 Å². The van der Waals surface area contributed by atoms with Crippen molar-refractivity contribution >= 4 is 12.1 Å². The quantitative estimate of drug-likeness (QED) is 0.837. The number of hydrogen-bond donors (Lipinski definition) is 2. The minimum Gasteiger partial charge on any atom is -0.480 e. The molecule has 1 aliphatic heterocycles. The summed E-state index contributed by atoms with van der Waals surface area (Å²) < 4.78 is 10.4. The Morgan fingerprint density at radius 3 is 2.76 bits per heavy atom. The highest BCUT2D eigenvalue weighted by Gasteiger charge is 2.27. The van der Waals surface area contributed by atoms with Gasteiger partial charge in [0.05, 0.1) is 6.10 Å². The fourth-order valence-corrected chi connectivity index (χ4v) is 2.22. The van der Waals surface area contributed by atoms with Crippen LogP contribution in [0.2, 0.25) is 0 Å². The average molecular weight is 293 g/mol. The highest BCUT2D eigenvalue weighted by Crippen LogP contribution is 2.17. The number of carbonyl (C=O) groups excluding carboxylic acids is 1. The van der Waals surface area contributed by atoms with Gasteiger partial charge in [-0.05, 0) is 18.4 Å². The third-order valence-electron chi connectivity index (χ3n) is 3.33. The van der Waals surface area contributed by atoms with Crippen LogP contribution in [0.1, 0.15) is 24.8 Å². The van der Waals surface area contributed by atoms with Crippen LogP contribution in [-0.4, -0.2) is 35.9 Å². The van der Waals surface area contributed by atoms with E-state index in [4.69, 9.17) is 14.6 Å². The van der Waals surface area contributed by atoms with Gasteiger partial charge in [-0.3, -0.25) is 0 Å². The average Bonchev–Trinajstić information content (AvgIpc) is 2.98. The number of carboxylic acid groups (broad SMARTS) is 1. The summed E-state index contributed by atoms with van der Waals surface area (Å²) in [7, 11) is 0. The van der Waals surface area contributed by atoms with Crippen molar-refractivity contribution in [1.29, 1.82) is 0 Å². The van der Waals surface area contributed by atoms with E-state index in [0.717, 1.165) is 18.4 Å². The molecule has 2 N–H and O–H groups in total. The van der Waals surface area contributed by atoms with Crippen molar-refractivity contribution in [3.63, 3.8) is 0 Å². The maximum atomic E-state index is 11.7. The molecule has 0 aliphatic carbocycles. The first kappa shape index (κ1) is 15.3. The molecule has 1 heterocycles. The lowest BCUT2D eigenvalue weighted by molar-refractivity contribution is -0.140. The predicted molar refractivity (Wildman–Crippen MR) is 74.8 cm³/mol. The zero-order chi connectivity index (χ0) is 15.1. The van der Waals surface area contributed by atoms with Crippen LogP contribution < -0.4 is 5.32 Å². The van der Waals surface area contributed by atoms with Crippen molar-refractivity contribution < 1.29 is 24.2 Å². The second-order valence-electron chi connectivity index (χ2n) is 4.97. The molecule has 0 saturated carbocycles. The van der Waals surface area contributed by atoms with Gasteiger partial charge in [-0.25, -0.2) is 9.59 Å². The maximum absolute atomic E-state index is 11.7. The lowest BCUT2D eigenvalue weighted by atomic mass is 10.1. The summed E-state index contributed by atoms with van der Waals surface area (Å²) >= 11 is 0. The Labute approximate surface area is 123 Å². The Bertz CT molecular complexity index is 470. The molecule has 0 bridgehead atoms. The first-order valence-electron chi connectivity index (χ1n) is 6.97. The van der Waals surface area contributed by atoms with E-state index < -0.39 is 18.1 Å². The summed E-state index contributed by atoms with van der Waals surface area (Å²) in [4.78, 5) is 22.8. The zero-order valence-corrected chi connectivity index (χ0v) is 11.7. The molecule has 1 fully saturated rings.